The zero-order valence-electron chi connectivity index (χ0n) is 12.9. The third-order valence-corrected chi connectivity index (χ3v) is 2.23. The standard InChI is InChI=1S/C12H24O6.Na.H/c1-2-14-5-6-16-9-10-18-12-11-17-8-7-15-4-3-13-1;;/h1-12H2;;/q;+1;-1. The molecule has 19 heavy (non-hydrogen) atoms. The van der Waals surface area contributed by atoms with E-state index in [0.717, 1.165) is 0 Å². The Hall–Kier alpha value is 0.760. The van der Waals surface area contributed by atoms with Crippen molar-refractivity contribution in [2.24, 2.45) is 0 Å². The molecule has 0 spiro atoms. The van der Waals surface area contributed by atoms with Crippen molar-refractivity contribution in [2.45, 2.75) is 0 Å². The van der Waals surface area contributed by atoms with Crippen LogP contribution in [0.1, 0.15) is 1.43 Å². The smallest absolute Gasteiger partial charge is 1.00 e. The summed E-state index contributed by atoms with van der Waals surface area (Å²) in [6, 6.07) is 0. The number of hydrogen-bond donors (Lipinski definition) is 0. The number of ether oxygens (including phenoxy) is 6. The summed E-state index contributed by atoms with van der Waals surface area (Å²) in [4.78, 5) is 0. The Labute approximate surface area is 138 Å². The molecule has 0 N–H and O–H groups in total. The number of hydrogen-bond acceptors (Lipinski definition) is 6. The maximum atomic E-state index is 5.33. The number of rotatable bonds is 0. The van der Waals surface area contributed by atoms with Crippen LogP contribution in [0, 0.1) is 0 Å². The van der Waals surface area contributed by atoms with Crippen molar-refractivity contribution in [3.8, 4) is 0 Å². The molecule has 6 nitrogen and oxygen atoms in total. The molecule has 1 saturated heterocycles. The summed E-state index contributed by atoms with van der Waals surface area (Å²) in [5.41, 5.74) is 0. The first-order valence-corrected chi connectivity index (χ1v) is 6.46. The van der Waals surface area contributed by atoms with Crippen LogP contribution < -0.4 is 29.6 Å². The van der Waals surface area contributed by atoms with Gasteiger partial charge in [-0.3, -0.25) is 0 Å². The Morgan fingerprint density at radius 2 is 0.421 bits per heavy atom. The molecule has 0 aromatic heterocycles. The first-order valence-electron chi connectivity index (χ1n) is 6.46. The Morgan fingerprint density at radius 3 is 0.526 bits per heavy atom. The first kappa shape index (κ1) is 19.8. The first-order chi connectivity index (χ1) is 9.00. The minimum atomic E-state index is 0. The van der Waals surface area contributed by atoms with Crippen molar-refractivity contribution in [3.63, 3.8) is 0 Å². The van der Waals surface area contributed by atoms with Gasteiger partial charge in [-0.15, -0.1) is 0 Å². The van der Waals surface area contributed by atoms with E-state index in [1.165, 1.54) is 0 Å². The van der Waals surface area contributed by atoms with Gasteiger partial charge >= 0.3 is 29.6 Å². The molecule has 0 aromatic rings. The van der Waals surface area contributed by atoms with Crippen molar-refractivity contribution in [3.05, 3.63) is 0 Å². The maximum Gasteiger partial charge on any atom is 1.00 e. The second-order valence-electron chi connectivity index (χ2n) is 3.67. The zero-order valence-corrected chi connectivity index (χ0v) is 13.9. The van der Waals surface area contributed by atoms with Gasteiger partial charge in [0.05, 0.1) is 79.3 Å². The van der Waals surface area contributed by atoms with Crippen LogP contribution in [0.3, 0.4) is 0 Å². The molecule has 0 aromatic carbocycles. The average molecular weight is 288 g/mol. The summed E-state index contributed by atoms with van der Waals surface area (Å²) in [5.74, 6) is 0. The molecule has 0 atom stereocenters. The third-order valence-electron chi connectivity index (χ3n) is 2.23. The molecule has 1 aliphatic heterocycles. The molecule has 0 bridgehead atoms. The van der Waals surface area contributed by atoms with E-state index < -0.39 is 0 Å². The van der Waals surface area contributed by atoms with Crippen LogP contribution in [0.2, 0.25) is 0 Å². The molecule has 0 amide bonds. The molecule has 0 saturated carbocycles. The summed E-state index contributed by atoms with van der Waals surface area (Å²) < 4.78 is 32.0. The van der Waals surface area contributed by atoms with Gasteiger partial charge in [0.2, 0.25) is 0 Å². The van der Waals surface area contributed by atoms with Crippen LogP contribution in [-0.4, -0.2) is 79.3 Å². The quantitative estimate of drug-likeness (QED) is 0.449. The van der Waals surface area contributed by atoms with Crippen LogP contribution in [-0.2, 0) is 28.4 Å². The van der Waals surface area contributed by atoms with Crippen LogP contribution in [0.4, 0.5) is 0 Å². The van der Waals surface area contributed by atoms with E-state index in [2.05, 4.69) is 0 Å². The summed E-state index contributed by atoms with van der Waals surface area (Å²) >= 11 is 0. The SMILES string of the molecule is C1COCCOCCOCCOCCOCCO1.[H-].[Na+]. The normalized spacial score (nSPS) is 22.7. The van der Waals surface area contributed by atoms with Crippen LogP contribution in [0.15, 0.2) is 0 Å². The van der Waals surface area contributed by atoms with Crippen LogP contribution in [0.5, 0.6) is 0 Å². The van der Waals surface area contributed by atoms with E-state index in [4.69, 9.17) is 28.4 Å². The van der Waals surface area contributed by atoms with Crippen LogP contribution in [0.25, 0.3) is 0 Å². The molecule has 1 rings (SSSR count). The fourth-order valence-electron chi connectivity index (χ4n) is 1.32. The molecule has 1 heterocycles. The molecule has 0 radical (unpaired) electrons. The summed E-state index contributed by atoms with van der Waals surface area (Å²) in [6.07, 6.45) is 0. The minimum absolute atomic E-state index is 0. The molecule has 110 valence electrons. The van der Waals surface area contributed by atoms with Gasteiger partial charge in [0.25, 0.3) is 0 Å². The second kappa shape index (κ2) is 16.8. The minimum Gasteiger partial charge on any atom is -1.00 e. The van der Waals surface area contributed by atoms with E-state index in [0.29, 0.717) is 79.3 Å². The Morgan fingerprint density at radius 1 is 0.316 bits per heavy atom. The van der Waals surface area contributed by atoms with Gasteiger partial charge in [-0.05, 0) is 0 Å². The zero-order chi connectivity index (χ0) is 12.7. The van der Waals surface area contributed by atoms with E-state index in [9.17, 15) is 0 Å². The van der Waals surface area contributed by atoms with E-state index in [1.807, 2.05) is 0 Å². The van der Waals surface area contributed by atoms with Crippen molar-refractivity contribution < 1.29 is 59.4 Å². The fourth-order valence-corrected chi connectivity index (χ4v) is 1.32. The third kappa shape index (κ3) is 15.0. The van der Waals surface area contributed by atoms with E-state index in [-0.39, 0.29) is 31.0 Å². The molecule has 0 unspecified atom stereocenters. The maximum absolute atomic E-state index is 5.33. The topological polar surface area (TPSA) is 55.4 Å². The molecule has 0 aliphatic carbocycles. The second-order valence-corrected chi connectivity index (χ2v) is 3.67. The monoisotopic (exact) mass is 288 g/mol. The van der Waals surface area contributed by atoms with Gasteiger partial charge in [-0.2, -0.15) is 0 Å². The summed E-state index contributed by atoms with van der Waals surface area (Å²) in [7, 11) is 0. The van der Waals surface area contributed by atoms with Gasteiger partial charge in [-0.25, -0.2) is 0 Å². The van der Waals surface area contributed by atoms with Gasteiger partial charge < -0.3 is 29.8 Å². The largest absolute Gasteiger partial charge is 1.00 e. The van der Waals surface area contributed by atoms with Crippen molar-refractivity contribution >= 4 is 0 Å². The fraction of sp³-hybridized carbons (Fsp3) is 1.00. The predicted molar refractivity (Wildman–Crippen MR) is 66.0 cm³/mol. The van der Waals surface area contributed by atoms with Gasteiger partial charge in [-0.1, -0.05) is 0 Å². The summed E-state index contributed by atoms with van der Waals surface area (Å²) in [6.45, 7) is 7.04. The van der Waals surface area contributed by atoms with Gasteiger partial charge in [0, 0.05) is 0 Å². The summed E-state index contributed by atoms with van der Waals surface area (Å²) in [5, 5.41) is 0. The van der Waals surface area contributed by atoms with Gasteiger partial charge in [0.1, 0.15) is 0 Å². The molecule has 7 heteroatoms. The Bertz CT molecular complexity index is 103. The Balaban J connectivity index is 0. The van der Waals surface area contributed by atoms with Crippen molar-refractivity contribution in [1.29, 1.82) is 0 Å². The predicted octanol–water partition coefficient (Wildman–Crippen LogP) is -2.78. The molecular formula is C12H25NaO6. The average Bonchev–Trinajstić information content (AvgIpc) is 2.39. The van der Waals surface area contributed by atoms with E-state index in [1.54, 1.807) is 0 Å². The molecule has 1 aliphatic rings. The molecular weight excluding hydrogens is 263 g/mol. The van der Waals surface area contributed by atoms with Crippen LogP contribution >= 0.6 is 0 Å². The van der Waals surface area contributed by atoms with Crippen molar-refractivity contribution in [2.75, 3.05) is 79.3 Å². The van der Waals surface area contributed by atoms with Gasteiger partial charge in [0.15, 0.2) is 0 Å². The van der Waals surface area contributed by atoms with E-state index >= 15 is 0 Å². The Kier molecular flexibility index (Phi) is 17.5. The molecule has 1 fully saturated rings. The van der Waals surface area contributed by atoms with Crippen molar-refractivity contribution in [1.82, 2.24) is 0 Å².